The number of carbonyl (C=O) groups excluding carboxylic acids is 1. The van der Waals surface area contributed by atoms with E-state index in [0.29, 0.717) is 19.0 Å². The summed E-state index contributed by atoms with van der Waals surface area (Å²) in [6, 6.07) is 0. The molecular formula is C14H23N7O3S2. The maximum atomic E-state index is 11.4. The minimum atomic E-state index is -3.34. The lowest BCUT2D eigenvalue weighted by Crippen LogP contribution is -2.41. The molecule has 26 heavy (non-hydrogen) atoms. The molecule has 0 radical (unpaired) electrons. The Morgan fingerprint density at radius 1 is 1.42 bits per heavy atom. The fourth-order valence-corrected chi connectivity index (χ4v) is 3.22. The minimum absolute atomic E-state index is 0.216. The van der Waals surface area contributed by atoms with Crippen molar-refractivity contribution >= 4 is 33.5 Å². The van der Waals surface area contributed by atoms with Crippen LogP contribution in [0.5, 0.6) is 0 Å². The summed E-state index contributed by atoms with van der Waals surface area (Å²) in [4.78, 5) is 22.8. The number of thioether (sulfide) groups is 1. The third-order valence-corrected chi connectivity index (χ3v) is 4.72. The van der Waals surface area contributed by atoms with E-state index in [9.17, 15) is 13.2 Å². The average molecular weight is 402 g/mol. The highest BCUT2D eigenvalue weighted by Crippen LogP contribution is 2.11. The first-order chi connectivity index (χ1) is 12.3. The summed E-state index contributed by atoms with van der Waals surface area (Å²) >= 11 is 1.68. The fourth-order valence-electron chi connectivity index (χ4n) is 1.79. The van der Waals surface area contributed by atoms with Gasteiger partial charge in [0.1, 0.15) is 5.75 Å². The molecule has 1 aromatic heterocycles. The molecular weight excluding hydrogens is 378 g/mol. The normalized spacial score (nSPS) is 11.7. The second kappa shape index (κ2) is 11.4. The highest BCUT2D eigenvalue weighted by molar-refractivity contribution is 7.98. The summed E-state index contributed by atoms with van der Waals surface area (Å²) < 4.78 is 22.0. The largest absolute Gasteiger partial charge is 0.354 e. The van der Waals surface area contributed by atoms with E-state index in [1.165, 1.54) is 0 Å². The monoisotopic (exact) mass is 401 g/mol. The second-order valence-corrected chi connectivity index (χ2v) is 8.59. The number of rotatable bonds is 10. The molecule has 0 fully saturated rings. The molecule has 0 unspecified atom stereocenters. The minimum Gasteiger partial charge on any atom is -0.354 e. The van der Waals surface area contributed by atoms with Crippen LogP contribution in [-0.2, 0) is 20.4 Å². The Morgan fingerprint density at radius 3 is 2.77 bits per heavy atom. The number of aromatic nitrogens is 2. The van der Waals surface area contributed by atoms with Crippen LogP contribution in [-0.4, -0.2) is 67.6 Å². The third kappa shape index (κ3) is 9.90. The SMILES string of the molecule is Cc1[nH]cnc1CSCCN=C(NC#N)NCCNC(=O)CS(C)(=O)=O. The predicted molar refractivity (Wildman–Crippen MR) is 101 cm³/mol. The number of nitrogens with zero attached hydrogens (tertiary/aromatic N) is 3. The van der Waals surface area contributed by atoms with E-state index >= 15 is 0 Å². The van der Waals surface area contributed by atoms with Gasteiger partial charge in [0, 0.05) is 36.5 Å². The fraction of sp³-hybridized carbons (Fsp3) is 0.571. The molecule has 0 aliphatic carbocycles. The number of amides is 1. The number of sulfone groups is 1. The van der Waals surface area contributed by atoms with Gasteiger partial charge in [0.25, 0.3) is 0 Å². The lowest BCUT2D eigenvalue weighted by molar-refractivity contribution is -0.118. The van der Waals surface area contributed by atoms with Gasteiger partial charge in [-0.3, -0.25) is 15.1 Å². The highest BCUT2D eigenvalue weighted by atomic mass is 32.2. The Morgan fingerprint density at radius 2 is 2.15 bits per heavy atom. The third-order valence-electron chi connectivity index (χ3n) is 2.99. The number of nitriles is 1. The van der Waals surface area contributed by atoms with E-state index in [2.05, 4.69) is 30.9 Å². The van der Waals surface area contributed by atoms with Gasteiger partial charge in [-0.2, -0.15) is 17.0 Å². The zero-order chi connectivity index (χ0) is 19.4. The summed E-state index contributed by atoms with van der Waals surface area (Å²) in [5.41, 5.74) is 2.06. The molecule has 0 aliphatic rings. The molecule has 0 aromatic carbocycles. The molecule has 1 rings (SSSR count). The molecule has 12 heteroatoms. The maximum Gasteiger partial charge on any atom is 0.235 e. The van der Waals surface area contributed by atoms with Crippen molar-refractivity contribution in [3.63, 3.8) is 0 Å². The highest BCUT2D eigenvalue weighted by Gasteiger charge is 2.09. The van der Waals surface area contributed by atoms with Gasteiger partial charge in [-0.15, -0.1) is 0 Å². The van der Waals surface area contributed by atoms with Crippen molar-refractivity contribution in [2.75, 3.05) is 37.4 Å². The lowest BCUT2D eigenvalue weighted by Gasteiger charge is -2.09. The molecule has 1 heterocycles. The molecule has 0 saturated carbocycles. The number of aryl methyl sites for hydroxylation is 1. The summed E-state index contributed by atoms with van der Waals surface area (Å²) in [6.07, 6.45) is 4.45. The van der Waals surface area contributed by atoms with Crippen molar-refractivity contribution in [3.05, 3.63) is 17.7 Å². The van der Waals surface area contributed by atoms with Crippen LogP contribution in [0.4, 0.5) is 0 Å². The van der Waals surface area contributed by atoms with E-state index in [0.717, 1.165) is 29.1 Å². The number of carbonyl (C=O) groups is 1. The van der Waals surface area contributed by atoms with Gasteiger partial charge in [0.05, 0.1) is 18.6 Å². The average Bonchev–Trinajstić information content (AvgIpc) is 2.94. The quantitative estimate of drug-likeness (QED) is 0.130. The van der Waals surface area contributed by atoms with Crippen molar-refractivity contribution < 1.29 is 13.2 Å². The number of aliphatic imine (C=N–C) groups is 1. The van der Waals surface area contributed by atoms with E-state index < -0.39 is 21.5 Å². The first kappa shape index (κ1) is 21.8. The predicted octanol–water partition coefficient (Wildman–Crippen LogP) is -0.872. The van der Waals surface area contributed by atoms with Crippen LogP contribution in [0.25, 0.3) is 0 Å². The molecule has 1 aromatic rings. The van der Waals surface area contributed by atoms with E-state index in [-0.39, 0.29) is 6.54 Å². The summed E-state index contributed by atoms with van der Waals surface area (Å²) in [6.45, 7) is 3.00. The van der Waals surface area contributed by atoms with Gasteiger partial charge in [-0.25, -0.2) is 13.4 Å². The van der Waals surface area contributed by atoms with Crippen LogP contribution in [0.2, 0.25) is 0 Å². The van der Waals surface area contributed by atoms with E-state index in [4.69, 9.17) is 5.26 Å². The molecule has 0 aliphatic heterocycles. The van der Waals surface area contributed by atoms with Crippen molar-refractivity contribution in [3.8, 4) is 6.19 Å². The Hall–Kier alpha value is -2.26. The van der Waals surface area contributed by atoms with Crippen molar-refractivity contribution in [2.24, 2.45) is 4.99 Å². The van der Waals surface area contributed by atoms with Crippen molar-refractivity contribution in [1.29, 1.82) is 5.26 Å². The number of imidazole rings is 1. The summed E-state index contributed by atoms with van der Waals surface area (Å²) in [5, 5.41) is 16.5. The smallest absolute Gasteiger partial charge is 0.235 e. The standard InChI is InChI=1S/C14H23N7O3S2/c1-11-12(21-10-20-11)7-25-6-5-18-14(19-9-15)17-4-3-16-13(22)8-26(2,23)24/h10H,3-8H2,1-2H3,(H,16,22)(H,20,21)(H2,17,18,19). The maximum absolute atomic E-state index is 11.4. The van der Waals surface area contributed by atoms with Gasteiger partial charge in [-0.05, 0) is 6.92 Å². The van der Waals surface area contributed by atoms with Gasteiger partial charge >= 0.3 is 0 Å². The topological polar surface area (TPSA) is 152 Å². The van der Waals surface area contributed by atoms with Gasteiger partial charge in [0.15, 0.2) is 16.0 Å². The molecule has 4 N–H and O–H groups in total. The van der Waals surface area contributed by atoms with Crippen LogP contribution >= 0.6 is 11.8 Å². The van der Waals surface area contributed by atoms with Gasteiger partial charge in [-0.1, -0.05) is 0 Å². The zero-order valence-corrected chi connectivity index (χ0v) is 16.3. The molecule has 0 bridgehead atoms. The molecule has 0 atom stereocenters. The zero-order valence-electron chi connectivity index (χ0n) is 14.7. The van der Waals surface area contributed by atoms with Crippen molar-refractivity contribution in [2.45, 2.75) is 12.7 Å². The second-order valence-electron chi connectivity index (χ2n) is 5.34. The summed E-state index contributed by atoms with van der Waals surface area (Å²) in [7, 11) is -3.34. The Labute approximate surface area is 157 Å². The van der Waals surface area contributed by atoms with Crippen LogP contribution in [0.15, 0.2) is 11.3 Å². The number of H-pyrrole nitrogens is 1. The molecule has 0 saturated heterocycles. The van der Waals surface area contributed by atoms with Crippen LogP contribution in [0.3, 0.4) is 0 Å². The van der Waals surface area contributed by atoms with Gasteiger partial charge < -0.3 is 15.6 Å². The lowest BCUT2D eigenvalue weighted by atomic mass is 10.4. The van der Waals surface area contributed by atoms with Gasteiger partial charge in [0.2, 0.25) is 11.9 Å². The summed E-state index contributed by atoms with van der Waals surface area (Å²) in [5.74, 6) is 0.742. The van der Waals surface area contributed by atoms with Crippen molar-refractivity contribution in [1.82, 2.24) is 25.9 Å². The molecule has 0 spiro atoms. The molecule has 10 nitrogen and oxygen atoms in total. The molecule has 1 amide bonds. The van der Waals surface area contributed by atoms with Crippen LogP contribution in [0, 0.1) is 18.4 Å². The molecule has 144 valence electrons. The van der Waals surface area contributed by atoms with E-state index in [1.807, 2.05) is 6.92 Å². The first-order valence-corrected chi connectivity index (χ1v) is 11.0. The Balaban J connectivity index is 2.25. The van der Waals surface area contributed by atoms with Crippen LogP contribution < -0.4 is 16.0 Å². The number of guanidine groups is 1. The van der Waals surface area contributed by atoms with Crippen LogP contribution in [0.1, 0.15) is 11.4 Å². The first-order valence-electron chi connectivity index (χ1n) is 7.76. The van der Waals surface area contributed by atoms with E-state index in [1.54, 1.807) is 24.3 Å². The Bertz CT molecular complexity index is 753. The number of hydrogen-bond donors (Lipinski definition) is 4. The number of aromatic amines is 1. The Kier molecular flexibility index (Phi) is 9.53. The number of nitrogens with one attached hydrogen (secondary N) is 4. The number of hydrogen-bond acceptors (Lipinski definition) is 7.